The molecule has 0 aromatic carbocycles. The van der Waals surface area contributed by atoms with Crippen LogP contribution in [0.25, 0.3) is 11.0 Å². The number of thioether (sulfide) groups is 1. The van der Waals surface area contributed by atoms with E-state index in [4.69, 9.17) is 0 Å². The largest absolute Gasteiger partial charge is 0.290 e. The number of nitrogens with zero attached hydrogens (tertiary/aromatic N) is 3. The van der Waals surface area contributed by atoms with Gasteiger partial charge in [0.05, 0.1) is 5.39 Å². The molecule has 6 heteroatoms. The number of hydrogen-bond acceptors (Lipinski definition) is 4. The van der Waals surface area contributed by atoms with Crippen molar-refractivity contribution in [3.05, 3.63) is 28.2 Å². The van der Waals surface area contributed by atoms with Crippen molar-refractivity contribution in [1.82, 2.24) is 14.5 Å². The zero-order chi connectivity index (χ0) is 21.2. The Balaban J connectivity index is 2.82. The van der Waals surface area contributed by atoms with Gasteiger partial charge in [0.25, 0.3) is 5.56 Å². The van der Waals surface area contributed by atoms with Crippen LogP contribution < -0.4 is 5.56 Å². The van der Waals surface area contributed by atoms with Gasteiger partial charge < -0.3 is 0 Å². The number of fused-ring (bicyclic) bond motifs is 1. The van der Waals surface area contributed by atoms with Gasteiger partial charge in [0.1, 0.15) is 13.7 Å². The minimum Gasteiger partial charge on any atom is -0.290 e. The highest BCUT2D eigenvalue weighted by molar-refractivity contribution is 7.98. The van der Waals surface area contributed by atoms with E-state index in [1.165, 1.54) is 11.8 Å². The number of rotatable bonds is 5. The lowest BCUT2D eigenvalue weighted by Crippen LogP contribution is -2.43. The molecule has 0 amide bonds. The van der Waals surface area contributed by atoms with Gasteiger partial charge in [-0.15, -0.1) is 5.54 Å². The fourth-order valence-electron chi connectivity index (χ4n) is 4.42. The summed E-state index contributed by atoms with van der Waals surface area (Å²) in [5, 5.41) is 1.53. The normalized spacial score (nSPS) is 12.3. The van der Waals surface area contributed by atoms with Crippen molar-refractivity contribution in [3.8, 4) is 11.5 Å². The molecule has 0 saturated carbocycles. The van der Waals surface area contributed by atoms with Crippen molar-refractivity contribution < 1.29 is 0 Å². The topological polar surface area (TPSA) is 47.8 Å². The molecule has 2 aromatic rings. The van der Waals surface area contributed by atoms with Gasteiger partial charge in [-0.1, -0.05) is 59.2 Å². The molecule has 0 fully saturated rings. The van der Waals surface area contributed by atoms with Gasteiger partial charge in [-0.3, -0.25) is 9.36 Å². The van der Waals surface area contributed by atoms with E-state index in [2.05, 4.69) is 63.0 Å². The number of pyridine rings is 1. The van der Waals surface area contributed by atoms with E-state index in [-0.39, 0.29) is 11.6 Å². The van der Waals surface area contributed by atoms with Gasteiger partial charge in [-0.25, -0.2) is 9.97 Å². The molecule has 0 saturated heterocycles. The molecule has 0 radical (unpaired) electrons. The SMILES string of the molecule is CSc1ncc2c(C#C[Si](C(C)C)(C(C)C)C(C)C)cc(=O)n(C(C)C)c2n1. The molecule has 2 rings (SSSR count). The van der Waals surface area contributed by atoms with Gasteiger partial charge >= 0.3 is 0 Å². The van der Waals surface area contributed by atoms with Crippen molar-refractivity contribution >= 4 is 30.9 Å². The lowest BCUT2D eigenvalue weighted by Gasteiger charge is -2.38. The van der Waals surface area contributed by atoms with E-state index in [0.717, 1.165) is 10.9 Å². The second kappa shape index (κ2) is 8.83. The van der Waals surface area contributed by atoms with Crippen LogP contribution in [0.5, 0.6) is 0 Å². The summed E-state index contributed by atoms with van der Waals surface area (Å²) < 4.78 is 1.74. The molecule has 152 valence electrons. The van der Waals surface area contributed by atoms with Crippen molar-refractivity contribution in [2.24, 2.45) is 0 Å². The fraction of sp³-hybridized carbons (Fsp3) is 0.591. The number of hydrogen-bond donors (Lipinski definition) is 0. The molecule has 2 heterocycles. The Labute approximate surface area is 174 Å². The molecule has 4 nitrogen and oxygen atoms in total. The molecule has 0 atom stereocenters. The predicted molar refractivity (Wildman–Crippen MR) is 124 cm³/mol. The molecule has 28 heavy (non-hydrogen) atoms. The third-order valence-electron chi connectivity index (χ3n) is 5.75. The van der Waals surface area contributed by atoms with Crippen LogP contribution in [-0.2, 0) is 0 Å². The molecule has 0 spiro atoms. The van der Waals surface area contributed by atoms with Crippen LogP contribution in [-0.4, -0.2) is 28.9 Å². The standard InChI is InChI=1S/C22H33N3OSSi/c1-14(2)25-20(26)12-18(19-13-23-22(27-9)24-21(19)25)10-11-28(15(3)4,16(5)6)17(7)8/h12-17H,1-9H3. The van der Waals surface area contributed by atoms with Crippen molar-refractivity contribution in [3.63, 3.8) is 0 Å². The first-order chi connectivity index (χ1) is 13.1. The molecule has 2 aromatic heterocycles. The van der Waals surface area contributed by atoms with Crippen LogP contribution in [0.3, 0.4) is 0 Å². The smallest absolute Gasteiger partial charge is 0.253 e. The Kier molecular flexibility index (Phi) is 7.16. The van der Waals surface area contributed by atoms with Crippen LogP contribution in [0.2, 0.25) is 16.6 Å². The molecular formula is C22H33N3OSSi. The maximum Gasteiger partial charge on any atom is 0.253 e. The first-order valence-electron chi connectivity index (χ1n) is 10.1. The highest BCUT2D eigenvalue weighted by atomic mass is 32.2. The summed E-state index contributed by atoms with van der Waals surface area (Å²) >= 11 is 1.48. The maximum atomic E-state index is 12.9. The molecule has 0 N–H and O–H groups in total. The lowest BCUT2D eigenvalue weighted by atomic mass is 10.2. The summed E-state index contributed by atoms with van der Waals surface area (Å²) in [6.07, 6.45) is 3.76. The molecule has 0 aliphatic rings. The third-order valence-corrected chi connectivity index (χ3v) is 12.6. The van der Waals surface area contributed by atoms with E-state index < -0.39 is 8.07 Å². The molecular weight excluding hydrogens is 382 g/mol. The Morgan fingerprint density at radius 3 is 2.07 bits per heavy atom. The van der Waals surface area contributed by atoms with Gasteiger partial charge in [-0.05, 0) is 36.7 Å². The highest BCUT2D eigenvalue weighted by Crippen LogP contribution is 2.40. The predicted octanol–water partition coefficient (Wildman–Crippen LogP) is 5.66. The van der Waals surface area contributed by atoms with Crippen molar-refractivity contribution in [1.29, 1.82) is 0 Å². The molecule has 0 unspecified atom stereocenters. The summed E-state index contributed by atoms with van der Waals surface area (Å²) in [6.45, 7) is 17.8. The second-order valence-electron chi connectivity index (χ2n) is 8.60. The van der Waals surface area contributed by atoms with E-state index >= 15 is 0 Å². The van der Waals surface area contributed by atoms with E-state index in [1.807, 2.05) is 26.3 Å². The van der Waals surface area contributed by atoms with Gasteiger partial charge in [0.15, 0.2) is 5.16 Å². The van der Waals surface area contributed by atoms with Crippen LogP contribution >= 0.6 is 11.8 Å². The average molecular weight is 416 g/mol. The van der Waals surface area contributed by atoms with Crippen LogP contribution in [0.15, 0.2) is 22.2 Å². The van der Waals surface area contributed by atoms with Crippen molar-refractivity contribution in [2.45, 2.75) is 83.2 Å². The summed E-state index contributed by atoms with van der Waals surface area (Å²) in [5.74, 6) is 3.43. The van der Waals surface area contributed by atoms with Gasteiger partial charge in [-0.2, -0.15) is 0 Å². The van der Waals surface area contributed by atoms with E-state index in [1.54, 1.807) is 10.6 Å². The first-order valence-corrected chi connectivity index (χ1v) is 13.5. The summed E-state index contributed by atoms with van der Waals surface area (Å²) in [7, 11) is -1.88. The van der Waals surface area contributed by atoms with Crippen LogP contribution in [0.1, 0.15) is 67.0 Å². The first kappa shape index (κ1) is 22.7. The monoisotopic (exact) mass is 415 g/mol. The van der Waals surface area contributed by atoms with Crippen LogP contribution in [0.4, 0.5) is 0 Å². The Bertz CT molecular complexity index is 946. The van der Waals surface area contributed by atoms with Gasteiger partial charge in [0, 0.05) is 23.9 Å². The molecule has 0 bridgehead atoms. The Morgan fingerprint density at radius 1 is 1.04 bits per heavy atom. The van der Waals surface area contributed by atoms with Crippen molar-refractivity contribution in [2.75, 3.05) is 6.26 Å². The minimum atomic E-state index is -1.88. The quantitative estimate of drug-likeness (QED) is 0.273. The maximum absolute atomic E-state index is 12.9. The van der Waals surface area contributed by atoms with E-state index in [0.29, 0.717) is 27.4 Å². The highest BCUT2D eigenvalue weighted by Gasteiger charge is 2.41. The summed E-state index contributed by atoms with van der Waals surface area (Å²) in [4.78, 5) is 22.0. The van der Waals surface area contributed by atoms with Gasteiger partial charge in [0.2, 0.25) is 0 Å². The summed E-state index contributed by atoms with van der Waals surface area (Å²) in [5.41, 5.74) is 6.73. The summed E-state index contributed by atoms with van der Waals surface area (Å²) in [6, 6.07) is 1.69. The Morgan fingerprint density at radius 2 is 1.61 bits per heavy atom. The third kappa shape index (κ3) is 4.06. The average Bonchev–Trinajstić information content (AvgIpc) is 2.60. The Hall–Kier alpha value is -1.58. The zero-order valence-corrected chi connectivity index (χ0v) is 20.4. The van der Waals surface area contributed by atoms with E-state index in [9.17, 15) is 4.79 Å². The second-order valence-corrected chi connectivity index (χ2v) is 15.0. The minimum absolute atomic E-state index is 0.0251. The number of aromatic nitrogens is 3. The fourth-order valence-corrected chi connectivity index (χ4v) is 9.97. The molecule has 0 aliphatic carbocycles. The lowest BCUT2D eigenvalue weighted by molar-refractivity contribution is 0.592. The zero-order valence-electron chi connectivity index (χ0n) is 18.6. The van der Waals surface area contributed by atoms with Crippen LogP contribution in [0, 0.1) is 11.5 Å². The molecule has 0 aliphatic heterocycles.